The quantitative estimate of drug-likeness (QED) is 0.712. The molecule has 0 bridgehead atoms. The molecule has 1 aromatic carbocycles. The number of hydrogen-bond acceptors (Lipinski definition) is 2. The van der Waals surface area contributed by atoms with Crippen molar-refractivity contribution in [3.05, 3.63) is 36.0 Å². The average molecular weight is 203 g/mol. The predicted octanol–water partition coefficient (Wildman–Crippen LogP) is 2.10. The maximum atomic E-state index is 10.9. The molecule has 0 unspecified atom stereocenters. The minimum Gasteiger partial charge on any atom is -0.383 e. The van der Waals surface area contributed by atoms with Crippen molar-refractivity contribution in [2.24, 2.45) is 0 Å². The van der Waals surface area contributed by atoms with Crippen molar-refractivity contribution < 1.29 is 9.53 Å². The van der Waals surface area contributed by atoms with Crippen LogP contribution in [-0.4, -0.2) is 24.6 Å². The second-order valence-corrected chi connectivity index (χ2v) is 3.41. The highest BCUT2D eigenvalue weighted by Gasteiger charge is 2.06. The van der Waals surface area contributed by atoms with Crippen molar-refractivity contribution >= 4 is 17.2 Å². The number of ether oxygens (including phenoxy) is 1. The summed E-state index contributed by atoms with van der Waals surface area (Å²) in [4.78, 5) is 10.9. The van der Waals surface area contributed by atoms with Crippen molar-refractivity contribution in [2.75, 3.05) is 13.7 Å². The summed E-state index contributed by atoms with van der Waals surface area (Å²) in [5.41, 5.74) is 1.82. The smallest absolute Gasteiger partial charge is 0.152 e. The number of hydrogen-bond donors (Lipinski definition) is 0. The second kappa shape index (κ2) is 4.28. The molecule has 0 aliphatic rings. The lowest BCUT2D eigenvalue weighted by molar-refractivity contribution is 0.112. The molecule has 0 aliphatic carbocycles. The number of rotatable bonds is 4. The lowest BCUT2D eigenvalue weighted by Gasteiger charge is -2.03. The van der Waals surface area contributed by atoms with Gasteiger partial charge in [0.05, 0.1) is 6.61 Å². The van der Waals surface area contributed by atoms with Crippen molar-refractivity contribution in [1.29, 1.82) is 0 Å². The molecule has 0 saturated heterocycles. The number of benzene rings is 1. The zero-order chi connectivity index (χ0) is 10.7. The van der Waals surface area contributed by atoms with Gasteiger partial charge in [-0.05, 0) is 6.07 Å². The van der Waals surface area contributed by atoms with Crippen LogP contribution < -0.4 is 0 Å². The largest absolute Gasteiger partial charge is 0.383 e. The highest BCUT2D eigenvalue weighted by Crippen LogP contribution is 2.19. The molecule has 0 N–H and O–H groups in total. The van der Waals surface area contributed by atoms with Crippen LogP contribution in [0.3, 0.4) is 0 Å². The molecule has 78 valence electrons. The Hall–Kier alpha value is -1.61. The summed E-state index contributed by atoms with van der Waals surface area (Å²) < 4.78 is 7.07. The SMILES string of the molecule is COCCn1cc(C=O)c2ccccc21. The van der Waals surface area contributed by atoms with Gasteiger partial charge in [0.1, 0.15) is 0 Å². The first-order chi connectivity index (χ1) is 7.36. The van der Waals surface area contributed by atoms with Crippen LogP contribution >= 0.6 is 0 Å². The third-order valence-electron chi connectivity index (χ3n) is 2.48. The van der Waals surface area contributed by atoms with Gasteiger partial charge in [0.2, 0.25) is 0 Å². The summed E-state index contributed by atoms with van der Waals surface area (Å²) in [6.45, 7) is 1.42. The van der Waals surface area contributed by atoms with Crippen molar-refractivity contribution in [2.45, 2.75) is 6.54 Å². The second-order valence-electron chi connectivity index (χ2n) is 3.41. The molecule has 2 aromatic rings. The van der Waals surface area contributed by atoms with Crippen LogP contribution in [0.4, 0.5) is 0 Å². The lowest BCUT2D eigenvalue weighted by Crippen LogP contribution is -2.02. The minimum absolute atomic E-state index is 0.650. The van der Waals surface area contributed by atoms with Gasteiger partial charge in [-0.25, -0.2) is 0 Å². The molecule has 0 saturated carbocycles. The van der Waals surface area contributed by atoms with Crippen LogP contribution in [-0.2, 0) is 11.3 Å². The Morgan fingerprint density at radius 1 is 1.40 bits per heavy atom. The Labute approximate surface area is 88.3 Å². The van der Waals surface area contributed by atoms with Crippen molar-refractivity contribution in [3.8, 4) is 0 Å². The van der Waals surface area contributed by atoms with Gasteiger partial charge in [-0.1, -0.05) is 18.2 Å². The number of aldehydes is 1. The first kappa shape index (κ1) is 9.93. The van der Waals surface area contributed by atoms with Crippen LogP contribution in [0, 0.1) is 0 Å². The summed E-state index contributed by atoms with van der Waals surface area (Å²) in [6, 6.07) is 7.89. The predicted molar refractivity (Wildman–Crippen MR) is 59.2 cm³/mol. The molecule has 3 heteroatoms. The summed E-state index contributed by atoms with van der Waals surface area (Å²) in [5, 5.41) is 1.00. The highest BCUT2D eigenvalue weighted by atomic mass is 16.5. The Morgan fingerprint density at radius 3 is 2.93 bits per heavy atom. The molecule has 2 rings (SSSR count). The molecule has 0 radical (unpaired) electrons. The first-order valence-corrected chi connectivity index (χ1v) is 4.89. The van der Waals surface area contributed by atoms with E-state index in [1.165, 1.54) is 0 Å². The Bertz CT molecular complexity index is 473. The highest BCUT2D eigenvalue weighted by molar-refractivity contribution is 5.97. The molecular weight excluding hydrogens is 190 g/mol. The molecule has 0 spiro atoms. The molecular formula is C12H13NO2. The topological polar surface area (TPSA) is 31.2 Å². The normalized spacial score (nSPS) is 10.7. The summed E-state index contributed by atoms with van der Waals surface area (Å²) in [7, 11) is 1.67. The van der Waals surface area contributed by atoms with E-state index >= 15 is 0 Å². The number of methoxy groups -OCH3 is 1. The average Bonchev–Trinajstić information content (AvgIpc) is 2.65. The fourth-order valence-electron chi connectivity index (χ4n) is 1.74. The van der Waals surface area contributed by atoms with E-state index in [-0.39, 0.29) is 0 Å². The molecule has 0 atom stereocenters. The Morgan fingerprint density at radius 2 is 2.20 bits per heavy atom. The zero-order valence-electron chi connectivity index (χ0n) is 8.64. The van der Waals surface area contributed by atoms with Gasteiger partial charge < -0.3 is 9.30 Å². The molecule has 0 amide bonds. The first-order valence-electron chi connectivity index (χ1n) is 4.89. The van der Waals surface area contributed by atoms with Gasteiger partial charge in [-0.3, -0.25) is 4.79 Å². The molecule has 0 fully saturated rings. The summed E-state index contributed by atoms with van der Waals surface area (Å²) >= 11 is 0. The van der Waals surface area contributed by atoms with E-state index in [1.54, 1.807) is 7.11 Å². The van der Waals surface area contributed by atoms with Crippen LogP contribution in [0.1, 0.15) is 10.4 Å². The van der Waals surface area contributed by atoms with Gasteiger partial charge >= 0.3 is 0 Å². The number of nitrogens with zero attached hydrogens (tertiary/aromatic N) is 1. The van der Waals surface area contributed by atoms with Crippen molar-refractivity contribution in [1.82, 2.24) is 4.57 Å². The number of carbonyl (C=O) groups excluding carboxylic acids is 1. The van der Waals surface area contributed by atoms with E-state index in [1.807, 2.05) is 35.0 Å². The van der Waals surface area contributed by atoms with Crippen LogP contribution in [0.25, 0.3) is 10.9 Å². The fraction of sp³-hybridized carbons (Fsp3) is 0.250. The maximum Gasteiger partial charge on any atom is 0.152 e. The minimum atomic E-state index is 0.650. The third kappa shape index (κ3) is 1.78. The standard InChI is InChI=1S/C12H13NO2/c1-15-7-6-13-8-10(9-14)11-4-2-3-5-12(11)13/h2-5,8-9H,6-7H2,1H3. The van der Waals surface area contributed by atoms with E-state index in [0.29, 0.717) is 6.61 Å². The molecule has 15 heavy (non-hydrogen) atoms. The van der Waals surface area contributed by atoms with Crippen LogP contribution in [0.2, 0.25) is 0 Å². The van der Waals surface area contributed by atoms with Gasteiger partial charge in [-0.2, -0.15) is 0 Å². The van der Waals surface area contributed by atoms with Gasteiger partial charge in [0, 0.05) is 36.3 Å². The third-order valence-corrected chi connectivity index (χ3v) is 2.48. The fourth-order valence-corrected chi connectivity index (χ4v) is 1.74. The number of para-hydroxylation sites is 1. The summed E-state index contributed by atoms with van der Waals surface area (Å²) in [6.07, 6.45) is 2.77. The van der Waals surface area contributed by atoms with Crippen molar-refractivity contribution in [3.63, 3.8) is 0 Å². The summed E-state index contributed by atoms with van der Waals surface area (Å²) in [5.74, 6) is 0. The molecule has 1 heterocycles. The van der Waals surface area contributed by atoms with Gasteiger partial charge in [0.15, 0.2) is 6.29 Å². The van der Waals surface area contributed by atoms with Crippen LogP contribution in [0.15, 0.2) is 30.5 Å². The maximum absolute atomic E-state index is 10.9. The molecule has 3 nitrogen and oxygen atoms in total. The number of fused-ring (bicyclic) bond motifs is 1. The van der Waals surface area contributed by atoms with Gasteiger partial charge in [0.25, 0.3) is 0 Å². The monoisotopic (exact) mass is 203 g/mol. The molecule has 1 aromatic heterocycles. The van der Waals surface area contributed by atoms with E-state index in [0.717, 1.165) is 29.3 Å². The number of aromatic nitrogens is 1. The van der Waals surface area contributed by atoms with E-state index < -0.39 is 0 Å². The van der Waals surface area contributed by atoms with Crippen LogP contribution in [0.5, 0.6) is 0 Å². The zero-order valence-corrected chi connectivity index (χ0v) is 8.64. The van der Waals surface area contributed by atoms with E-state index in [4.69, 9.17) is 4.74 Å². The van der Waals surface area contributed by atoms with Gasteiger partial charge in [-0.15, -0.1) is 0 Å². The Balaban J connectivity index is 2.50. The Kier molecular flexibility index (Phi) is 2.83. The molecule has 0 aliphatic heterocycles. The lowest BCUT2D eigenvalue weighted by atomic mass is 10.2. The van der Waals surface area contributed by atoms with E-state index in [2.05, 4.69) is 0 Å². The number of carbonyl (C=O) groups is 1. The van der Waals surface area contributed by atoms with E-state index in [9.17, 15) is 4.79 Å².